The largest absolute Gasteiger partial charge is 0.456 e. The lowest BCUT2D eigenvalue weighted by molar-refractivity contribution is -0.277. The van der Waals surface area contributed by atoms with E-state index in [2.05, 4.69) is 6.58 Å². The van der Waals surface area contributed by atoms with Crippen LogP contribution in [0.15, 0.2) is 12.2 Å². The van der Waals surface area contributed by atoms with Gasteiger partial charge in [-0.1, -0.05) is 6.58 Å². The fourth-order valence-electron chi connectivity index (χ4n) is 2.53. The lowest BCUT2D eigenvalue weighted by atomic mass is 9.72. The highest BCUT2D eigenvalue weighted by Gasteiger charge is 2.56. The van der Waals surface area contributed by atoms with Crippen molar-refractivity contribution in [2.45, 2.75) is 63.1 Å². The van der Waals surface area contributed by atoms with Gasteiger partial charge in [0.2, 0.25) is 0 Å². The van der Waals surface area contributed by atoms with Gasteiger partial charge in [0, 0.05) is 0 Å². The Labute approximate surface area is 129 Å². The van der Waals surface area contributed by atoms with Crippen LogP contribution in [0, 0.1) is 5.92 Å². The highest BCUT2D eigenvalue weighted by molar-refractivity contribution is 5.89. The molecule has 0 aromatic rings. The molecule has 0 amide bonds. The molecule has 1 N–H and O–H groups in total. The number of esters is 1. The van der Waals surface area contributed by atoms with Crippen LogP contribution in [-0.4, -0.2) is 34.6 Å². The molecule has 0 spiro atoms. The van der Waals surface area contributed by atoms with E-state index in [0.717, 1.165) is 0 Å². The van der Waals surface area contributed by atoms with Crippen LogP contribution in [0.3, 0.4) is 0 Å². The van der Waals surface area contributed by atoms with E-state index >= 15 is 0 Å². The summed E-state index contributed by atoms with van der Waals surface area (Å²) in [5, 5.41) is 9.63. The molecule has 0 heterocycles. The van der Waals surface area contributed by atoms with Crippen molar-refractivity contribution >= 4 is 5.97 Å². The maximum Gasteiger partial charge on any atom is 0.422 e. The van der Waals surface area contributed by atoms with Gasteiger partial charge in [0.15, 0.2) is 5.60 Å². The molecule has 0 aromatic carbocycles. The maximum atomic E-state index is 12.8. The van der Waals surface area contributed by atoms with E-state index in [1.807, 2.05) is 0 Å². The second-order valence-electron chi connectivity index (χ2n) is 6.24. The first-order valence-electron chi connectivity index (χ1n) is 6.89. The zero-order valence-corrected chi connectivity index (χ0v) is 12.6. The lowest BCUT2D eigenvalue weighted by Gasteiger charge is -2.42. The molecule has 1 saturated carbocycles. The Bertz CT molecular complexity index is 470. The monoisotopic (exact) mass is 348 g/mol. The molecule has 9 heteroatoms. The minimum atomic E-state index is -4.93. The van der Waals surface area contributed by atoms with Gasteiger partial charge in [-0.05, 0) is 45.4 Å². The third kappa shape index (κ3) is 4.39. The molecule has 3 nitrogen and oxygen atoms in total. The molecule has 1 unspecified atom stereocenters. The summed E-state index contributed by atoms with van der Waals surface area (Å²) in [7, 11) is 0. The molecule has 1 rings (SSSR count). The first kappa shape index (κ1) is 19.8. The normalized spacial score (nSPS) is 28.8. The molecule has 1 fully saturated rings. The molecule has 0 radical (unpaired) electrons. The number of hydrogen-bond donors (Lipinski definition) is 1. The van der Waals surface area contributed by atoms with Gasteiger partial charge in [0.05, 0.1) is 0 Å². The van der Waals surface area contributed by atoms with E-state index < -0.39 is 41.0 Å². The third-order valence-corrected chi connectivity index (χ3v) is 4.34. The van der Waals surface area contributed by atoms with Crippen LogP contribution in [0.4, 0.5) is 26.3 Å². The van der Waals surface area contributed by atoms with Crippen molar-refractivity contribution < 1.29 is 41.0 Å². The summed E-state index contributed by atoms with van der Waals surface area (Å²) < 4.78 is 80.3. The van der Waals surface area contributed by atoms with E-state index in [1.54, 1.807) is 0 Å². The number of rotatable bonds is 3. The Kier molecular flexibility index (Phi) is 5.16. The predicted molar refractivity (Wildman–Crippen MR) is 68.3 cm³/mol. The van der Waals surface area contributed by atoms with Gasteiger partial charge < -0.3 is 9.84 Å². The summed E-state index contributed by atoms with van der Waals surface area (Å²) in [6.07, 6.45) is -10.2. The van der Waals surface area contributed by atoms with Crippen molar-refractivity contribution in [2.24, 2.45) is 5.92 Å². The summed E-state index contributed by atoms with van der Waals surface area (Å²) in [4.78, 5) is 11.4. The Morgan fingerprint density at radius 1 is 1.17 bits per heavy atom. The molecule has 0 aliphatic heterocycles. The van der Waals surface area contributed by atoms with Gasteiger partial charge in [-0.25, -0.2) is 4.79 Å². The number of hydrogen-bond acceptors (Lipinski definition) is 3. The van der Waals surface area contributed by atoms with E-state index in [0.29, 0.717) is 6.92 Å². The van der Waals surface area contributed by atoms with Crippen LogP contribution >= 0.6 is 0 Å². The summed E-state index contributed by atoms with van der Waals surface area (Å²) in [5.41, 5.74) is -5.87. The number of carbonyl (C=O) groups excluding carboxylic acids is 1. The zero-order chi connectivity index (χ0) is 18.3. The average Bonchev–Trinajstić information content (AvgIpc) is 2.35. The second-order valence-corrected chi connectivity index (χ2v) is 6.24. The summed E-state index contributed by atoms with van der Waals surface area (Å²) in [6, 6.07) is 0. The van der Waals surface area contributed by atoms with Crippen LogP contribution in [0.25, 0.3) is 0 Å². The molecular formula is C14H18F6O3. The summed E-state index contributed by atoms with van der Waals surface area (Å²) in [6.45, 7) is 4.64. The Morgan fingerprint density at radius 2 is 1.61 bits per heavy atom. The lowest BCUT2D eigenvalue weighted by Crippen LogP contribution is -2.51. The maximum absolute atomic E-state index is 12.8. The molecule has 23 heavy (non-hydrogen) atoms. The van der Waals surface area contributed by atoms with Crippen molar-refractivity contribution in [3.63, 3.8) is 0 Å². The highest BCUT2D eigenvalue weighted by atomic mass is 19.4. The smallest absolute Gasteiger partial charge is 0.422 e. The van der Waals surface area contributed by atoms with Crippen LogP contribution in [-0.2, 0) is 9.53 Å². The van der Waals surface area contributed by atoms with Crippen molar-refractivity contribution in [1.29, 1.82) is 0 Å². The molecule has 1 aliphatic rings. The molecule has 1 atom stereocenters. The van der Waals surface area contributed by atoms with Gasteiger partial charge >= 0.3 is 18.3 Å². The summed E-state index contributed by atoms with van der Waals surface area (Å²) >= 11 is 0. The number of halogens is 6. The molecular weight excluding hydrogens is 330 g/mol. The van der Waals surface area contributed by atoms with Gasteiger partial charge in [-0.15, -0.1) is 0 Å². The highest BCUT2D eigenvalue weighted by Crippen LogP contribution is 2.45. The first-order valence-corrected chi connectivity index (χ1v) is 6.89. The fraction of sp³-hybridized carbons (Fsp3) is 0.786. The van der Waals surface area contributed by atoms with E-state index in [9.17, 15) is 36.2 Å². The van der Waals surface area contributed by atoms with Crippen LogP contribution < -0.4 is 0 Å². The minimum absolute atomic E-state index is 0.0826. The molecule has 134 valence electrons. The van der Waals surface area contributed by atoms with E-state index in [-0.39, 0.29) is 25.7 Å². The second kappa shape index (κ2) is 5.99. The number of carbonyl (C=O) groups is 1. The van der Waals surface area contributed by atoms with Gasteiger partial charge in [-0.2, -0.15) is 26.3 Å². The minimum Gasteiger partial charge on any atom is -0.456 e. The Hall–Kier alpha value is -1.25. The van der Waals surface area contributed by atoms with Crippen molar-refractivity contribution in [2.75, 3.05) is 0 Å². The Balaban J connectivity index is 2.71. The Morgan fingerprint density at radius 3 is 1.96 bits per heavy atom. The van der Waals surface area contributed by atoms with E-state index in [4.69, 9.17) is 4.74 Å². The number of alkyl halides is 6. The zero-order valence-electron chi connectivity index (χ0n) is 12.6. The number of aliphatic hydroxyl groups is 1. The average molecular weight is 348 g/mol. The van der Waals surface area contributed by atoms with Crippen LogP contribution in [0.5, 0.6) is 0 Å². The van der Waals surface area contributed by atoms with Gasteiger partial charge in [0.1, 0.15) is 11.2 Å². The van der Waals surface area contributed by atoms with Crippen LogP contribution in [0.2, 0.25) is 0 Å². The van der Waals surface area contributed by atoms with Crippen molar-refractivity contribution in [3.8, 4) is 0 Å². The number of ether oxygens (including phenoxy) is 1. The topological polar surface area (TPSA) is 46.5 Å². The van der Waals surface area contributed by atoms with Gasteiger partial charge in [-0.3, -0.25) is 0 Å². The third-order valence-electron chi connectivity index (χ3n) is 4.34. The van der Waals surface area contributed by atoms with Crippen molar-refractivity contribution in [3.05, 3.63) is 12.2 Å². The molecule has 1 aliphatic carbocycles. The van der Waals surface area contributed by atoms with Crippen LogP contribution in [0.1, 0.15) is 39.5 Å². The van der Waals surface area contributed by atoms with Crippen molar-refractivity contribution in [1.82, 2.24) is 0 Å². The molecule has 0 saturated heterocycles. The SMILES string of the molecule is C=C(C(=O)OC1(C)CCC(C(C)(O)C(F)(F)F)CC1)C(F)(F)F. The molecule has 0 aromatic heterocycles. The molecule has 0 bridgehead atoms. The predicted octanol–water partition coefficient (Wildman–Crippen LogP) is 3.91. The standard InChI is InChI=1S/C14H18F6O3/c1-8(13(15,16)17)10(21)23-11(2)6-4-9(5-7-11)12(3,22)14(18,19)20/h9,22H,1,4-7H2,2-3H3. The summed E-state index contributed by atoms with van der Waals surface area (Å²) in [5.74, 6) is -2.75. The quantitative estimate of drug-likeness (QED) is 0.478. The van der Waals surface area contributed by atoms with E-state index in [1.165, 1.54) is 6.92 Å². The first-order chi connectivity index (χ1) is 10.1. The van der Waals surface area contributed by atoms with Gasteiger partial charge in [0.25, 0.3) is 0 Å². The fourth-order valence-corrected chi connectivity index (χ4v) is 2.53.